The van der Waals surface area contributed by atoms with Gasteiger partial charge in [0, 0.05) is 13.1 Å². The SMILES string of the molecule is C[C@@H]1CCCCN(C(=O)Cc2cccc(C(=O)O)c2)C1. The van der Waals surface area contributed by atoms with Crippen LogP contribution in [0.2, 0.25) is 0 Å². The van der Waals surface area contributed by atoms with Gasteiger partial charge in [0.15, 0.2) is 0 Å². The van der Waals surface area contributed by atoms with Crippen LogP contribution in [0.4, 0.5) is 0 Å². The molecule has 1 aliphatic heterocycles. The molecule has 0 unspecified atom stereocenters. The number of carboxylic acid groups (broad SMARTS) is 1. The Morgan fingerprint density at radius 3 is 2.90 bits per heavy atom. The molecule has 1 N–H and O–H groups in total. The lowest BCUT2D eigenvalue weighted by atomic mass is 10.1. The number of carbonyl (C=O) groups excluding carboxylic acids is 1. The van der Waals surface area contributed by atoms with E-state index < -0.39 is 5.97 Å². The van der Waals surface area contributed by atoms with E-state index in [1.54, 1.807) is 18.2 Å². The van der Waals surface area contributed by atoms with Gasteiger partial charge >= 0.3 is 5.97 Å². The van der Waals surface area contributed by atoms with Crippen molar-refractivity contribution >= 4 is 11.9 Å². The van der Waals surface area contributed by atoms with Crippen LogP contribution in [0, 0.1) is 5.92 Å². The van der Waals surface area contributed by atoms with E-state index >= 15 is 0 Å². The standard InChI is InChI=1S/C16H21NO3/c1-12-5-2-3-8-17(11-12)15(18)10-13-6-4-7-14(9-13)16(19)20/h4,6-7,9,12H,2-3,5,8,10-11H2,1H3,(H,19,20)/t12-/m1/s1. The number of nitrogens with zero attached hydrogens (tertiary/aromatic N) is 1. The van der Waals surface area contributed by atoms with Crippen molar-refractivity contribution in [2.24, 2.45) is 5.92 Å². The molecule has 1 amide bonds. The number of carbonyl (C=O) groups is 2. The minimum Gasteiger partial charge on any atom is -0.478 e. The minimum atomic E-state index is -0.956. The molecule has 0 radical (unpaired) electrons. The van der Waals surface area contributed by atoms with Gasteiger partial charge < -0.3 is 10.0 Å². The monoisotopic (exact) mass is 275 g/mol. The van der Waals surface area contributed by atoms with Gasteiger partial charge in [-0.15, -0.1) is 0 Å². The van der Waals surface area contributed by atoms with Crippen LogP contribution in [-0.4, -0.2) is 35.0 Å². The Labute approximate surface area is 119 Å². The summed E-state index contributed by atoms with van der Waals surface area (Å²) in [5, 5.41) is 8.97. The van der Waals surface area contributed by atoms with Gasteiger partial charge in [-0.1, -0.05) is 25.5 Å². The first kappa shape index (κ1) is 14.6. The number of hydrogen-bond donors (Lipinski definition) is 1. The largest absolute Gasteiger partial charge is 0.478 e. The molecule has 2 rings (SSSR count). The Morgan fingerprint density at radius 1 is 1.35 bits per heavy atom. The summed E-state index contributed by atoms with van der Waals surface area (Å²) in [6, 6.07) is 6.63. The number of amides is 1. The minimum absolute atomic E-state index is 0.0984. The van der Waals surface area contributed by atoms with Crippen LogP contribution in [0.25, 0.3) is 0 Å². The van der Waals surface area contributed by atoms with Crippen LogP contribution in [-0.2, 0) is 11.2 Å². The molecule has 0 bridgehead atoms. The van der Waals surface area contributed by atoms with Gasteiger partial charge in [0.2, 0.25) is 5.91 Å². The summed E-state index contributed by atoms with van der Waals surface area (Å²) >= 11 is 0. The molecule has 1 heterocycles. The maximum atomic E-state index is 12.3. The zero-order valence-electron chi connectivity index (χ0n) is 11.8. The summed E-state index contributed by atoms with van der Waals surface area (Å²) in [5.74, 6) is -0.309. The number of hydrogen-bond acceptors (Lipinski definition) is 2. The smallest absolute Gasteiger partial charge is 0.335 e. The Bertz CT molecular complexity index is 498. The van der Waals surface area contributed by atoms with Crippen LogP contribution in [0.5, 0.6) is 0 Å². The Morgan fingerprint density at radius 2 is 2.15 bits per heavy atom. The van der Waals surface area contributed by atoms with Crippen molar-refractivity contribution in [1.82, 2.24) is 4.90 Å². The second-order valence-corrected chi connectivity index (χ2v) is 5.62. The molecule has 4 heteroatoms. The highest BCUT2D eigenvalue weighted by atomic mass is 16.4. The van der Waals surface area contributed by atoms with E-state index in [4.69, 9.17) is 5.11 Å². The molecule has 0 aliphatic carbocycles. The van der Waals surface area contributed by atoms with Gasteiger partial charge in [0.25, 0.3) is 0 Å². The molecule has 0 aromatic heterocycles. The third-order valence-corrected chi connectivity index (χ3v) is 3.79. The lowest BCUT2D eigenvalue weighted by molar-refractivity contribution is -0.130. The summed E-state index contributed by atoms with van der Waals surface area (Å²) in [6.45, 7) is 3.82. The van der Waals surface area contributed by atoms with Gasteiger partial charge in [-0.3, -0.25) is 4.79 Å². The first-order valence-corrected chi connectivity index (χ1v) is 7.16. The topological polar surface area (TPSA) is 57.6 Å². The van der Waals surface area contributed by atoms with Crippen LogP contribution in [0.1, 0.15) is 42.1 Å². The predicted molar refractivity (Wildman–Crippen MR) is 76.7 cm³/mol. The summed E-state index contributed by atoms with van der Waals surface area (Å²) in [5.41, 5.74) is 1.01. The molecule has 1 aromatic rings. The van der Waals surface area contributed by atoms with Crippen LogP contribution in [0.15, 0.2) is 24.3 Å². The highest BCUT2D eigenvalue weighted by Crippen LogP contribution is 2.17. The van der Waals surface area contributed by atoms with Crippen molar-refractivity contribution in [3.8, 4) is 0 Å². The van der Waals surface area contributed by atoms with Crippen molar-refractivity contribution in [2.75, 3.05) is 13.1 Å². The van der Waals surface area contributed by atoms with Crippen LogP contribution >= 0.6 is 0 Å². The van der Waals surface area contributed by atoms with Gasteiger partial charge in [-0.05, 0) is 36.5 Å². The first-order valence-electron chi connectivity index (χ1n) is 7.16. The average Bonchev–Trinajstić information content (AvgIpc) is 2.63. The molecule has 1 saturated heterocycles. The highest BCUT2D eigenvalue weighted by molar-refractivity contribution is 5.88. The normalized spacial score (nSPS) is 19.4. The summed E-state index contributed by atoms with van der Waals surface area (Å²) in [7, 11) is 0. The molecule has 4 nitrogen and oxygen atoms in total. The van der Waals surface area contributed by atoms with E-state index in [0.29, 0.717) is 5.92 Å². The summed E-state index contributed by atoms with van der Waals surface area (Å²) in [4.78, 5) is 25.2. The summed E-state index contributed by atoms with van der Waals surface area (Å²) < 4.78 is 0. The van der Waals surface area contributed by atoms with Gasteiger partial charge in [0.05, 0.1) is 12.0 Å². The molecule has 0 saturated carbocycles. The number of aromatic carboxylic acids is 1. The maximum absolute atomic E-state index is 12.3. The molecule has 1 aromatic carbocycles. The Hall–Kier alpha value is -1.84. The first-order chi connectivity index (χ1) is 9.56. The number of likely N-dealkylation sites (tertiary alicyclic amines) is 1. The summed E-state index contributed by atoms with van der Waals surface area (Å²) in [6.07, 6.45) is 3.71. The highest BCUT2D eigenvalue weighted by Gasteiger charge is 2.19. The fourth-order valence-corrected chi connectivity index (χ4v) is 2.68. The molecule has 1 atom stereocenters. The molecule has 20 heavy (non-hydrogen) atoms. The van der Waals surface area contributed by atoms with Crippen molar-refractivity contribution in [3.63, 3.8) is 0 Å². The quantitative estimate of drug-likeness (QED) is 0.922. The molecule has 108 valence electrons. The van der Waals surface area contributed by atoms with Gasteiger partial charge in [-0.2, -0.15) is 0 Å². The fraction of sp³-hybridized carbons (Fsp3) is 0.500. The number of carboxylic acids is 1. The average molecular weight is 275 g/mol. The fourth-order valence-electron chi connectivity index (χ4n) is 2.68. The van der Waals surface area contributed by atoms with Crippen molar-refractivity contribution in [2.45, 2.75) is 32.6 Å². The van der Waals surface area contributed by atoms with Crippen LogP contribution < -0.4 is 0 Å². The zero-order valence-corrected chi connectivity index (χ0v) is 11.8. The van der Waals surface area contributed by atoms with E-state index in [9.17, 15) is 9.59 Å². The van der Waals surface area contributed by atoms with E-state index in [1.807, 2.05) is 11.0 Å². The molecular weight excluding hydrogens is 254 g/mol. The van der Waals surface area contributed by atoms with E-state index in [2.05, 4.69) is 6.92 Å². The van der Waals surface area contributed by atoms with Gasteiger partial charge in [-0.25, -0.2) is 4.79 Å². The second-order valence-electron chi connectivity index (χ2n) is 5.62. The van der Waals surface area contributed by atoms with E-state index in [1.165, 1.54) is 12.8 Å². The van der Waals surface area contributed by atoms with Crippen molar-refractivity contribution in [1.29, 1.82) is 0 Å². The number of benzene rings is 1. The van der Waals surface area contributed by atoms with E-state index in [0.717, 1.165) is 25.1 Å². The third-order valence-electron chi connectivity index (χ3n) is 3.79. The number of rotatable bonds is 3. The van der Waals surface area contributed by atoms with Crippen molar-refractivity contribution < 1.29 is 14.7 Å². The molecular formula is C16H21NO3. The molecule has 1 fully saturated rings. The van der Waals surface area contributed by atoms with Crippen LogP contribution in [0.3, 0.4) is 0 Å². The lowest BCUT2D eigenvalue weighted by Crippen LogP contribution is -2.35. The van der Waals surface area contributed by atoms with Gasteiger partial charge in [0.1, 0.15) is 0 Å². The Balaban J connectivity index is 2.03. The Kier molecular flexibility index (Phi) is 4.77. The molecule has 0 spiro atoms. The predicted octanol–water partition coefficient (Wildman–Crippen LogP) is 2.58. The van der Waals surface area contributed by atoms with Crippen molar-refractivity contribution in [3.05, 3.63) is 35.4 Å². The zero-order chi connectivity index (χ0) is 14.5. The maximum Gasteiger partial charge on any atom is 0.335 e. The van der Waals surface area contributed by atoms with E-state index in [-0.39, 0.29) is 17.9 Å². The second kappa shape index (κ2) is 6.55. The third kappa shape index (κ3) is 3.83. The lowest BCUT2D eigenvalue weighted by Gasteiger charge is -2.22. The molecule has 1 aliphatic rings.